The maximum atomic E-state index is 5.19. The summed E-state index contributed by atoms with van der Waals surface area (Å²) >= 11 is 0. The number of imidazole rings is 2. The number of hydrogen-bond donors (Lipinski definition) is 0. The van der Waals surface area contributed by atoms with Crippen LogP contribution in [0.4, 0.5) is 0 Å². The molecule has 0 aliphatic rings. The minimum atomic E-state index is 0.925. The second-order valence-electron chi connectivity index (χ2n) is 10.4. The lowest BCUT2D eigenvalue weighted by atomic mass is 10.1. The van der Waals surface area contributed by atoms with Crippen LogP contribution in [-0.4, -0.2) is 19.1 Å². The standard InChI is InChI=1S/C38H30N4/c1-41-35(29-19-11-5-12-20-29)33(27-15-7-3-8-16-27)39-37(41)31-23-25-32(26-24-31)38-40-34(28-17-9-4-10-18-28)36(42(38)2)30-21-13-6-14-22-30/h3-26H,1-2H3. The van der Waals surface area contributed by atoms with Crippen LogP contribution in [0.3, 0.4) is 0 Å². The monoisotopic (exact) mass is 542 g/mol. The molecule has 0 aliphatic carbocycles. The molecule has 0 N–H and O–H groups in total. The summed E-state index contributed by atoms with van der Waals surface area (Å²) in [5, 5.41) is 0. The molecule has 0 unspecified atom stereocenters. The van der Waals surface area contributed by atoms with Crippen molar-refractivity contribution in [1.82, 2.24) is 19.1 Å². The molecule has 0 fully saturated rings. The molecule has 0 aliphatic heterocycles. The Kier molecular flexibility index (Phi) is 6.57. The Labute approximate surface area is 246 Å². The molecule has 0 saturated heterocycles. The van der Waals surface area contributed by atoms with Crippen molar-refractivity contribution in [2.24, 2.45) is 14.1 Å². The molecule has 0 atom stereocenters. The molecule has 4 heteroatoms. The first-order valence-corrected chi connectivity index (χ1v) is 14.1. The maximum absolute atomic E-state index is 5.19. The second-order valence-corrected chi connectivity index (χ2v) is 10.4. The quantitative estimate of drug-likeness (QED) is 0.210. The van der Waals surface area contributed by atoms with Crippen LogP contribution in [-0.2, 0) is 14.1 Å². The van der Waals surface area contributed by atoms with Crippen LogP contribution < -0.4 is 0 Å². The van der Waals surface area contributed by atoms with E-state index in [1.165, 1.54) is 0 Å². The highest BCUT2D eigenvalue weighted by atomic mass is 15.1. The Balaban J connectivity index is 1.33. The minimum absolute atomic E-state index is 0.925. The predicted molar refractivity (Wildman–Crippen MR) is 173 cm³/mol. The van der Waals surface area contributed by atoms with Gasteiger partial charge in [0.1, 0.15) is 11.6 Å². The third-order valence-electron chi connectivity index (χ3n) is 7.78. The SMILES string of the molecule is Cn1c(-c2ccc(-c3nc(-c4ccccc4)c(-c4ccccc4)n3C)cc2)nc(-c2ccccc2)c1-c1ccccc1. The molecule has 2 heterocycles. The van der Waals surface area contributed by atoms with E-state index in [4.69, 9.17) is 9.97 Å². The van der Waals surface area contributed by atoms with Gasteiger partial charge in [0, 0.05) is 47.5 Å². The summed E-state index contributed by atoms with van der Waals surface area (Å²) in [5.74, 6) is 1.85. The van der Waals surface area contributed by atoms with Crippen LogP contribution in [0.15, 0.2) is 146 Å². The highest BCUT2D eigenvalue weighted by molar-refractivity contribution is 5.84. The molecule has 202 valence electrons. The van der Waals surface area contributed by atoms with Crippen LogP contribution in [0.2, 0.25) is 0 Å². The lowest BCUT2D eigenvalue weighted by Crippen LogP contribution is -1.97. The van der Waals surface area contributed by atoms with Crippen LogP contribution in [0, 0.1) is 0 Å². The molecular weight excluding hydrogens is 512 g/mol. The van der Waals surface area contributed by atoms with Crippen molar-refractivity contribution in [3.63, 3.8) is 0 Å². The molecule has 0 radical (unpaired) electrons. The van der Waals surface area contributed by atoms with Crippen LogP contribution in [0.25, 0.3) is 67.8 Å². The van der Waals surface area contributed by atoms with E-state index >= 15 is 0 Å². The first kappa shape index (κ1) is 25.5. The third-order valence-corrected chi connectivity index (χ3v) is 7.78. The van der Waals surface area contributed by atoms with Crippen molar-refractivity contribution in [2.75, 3.05) is 0 Å². The van der Waals surface area contributed by atoms with Crippen LogP contribution in [0.5, 0.6) is 0 Å². The molecule has 42 heavy (non-hydrogen) atoms. The molecule has 0 spiro atoms. The molecule has 7 rings (SSSR count). The molecule has 5 aromatic carbocycles. The van der Waals surface area contributed by atoms with Crippen LogP contribution >= 0.6 is 0 Å². The zero-order valence-electron chi connectivity index (χ0n) is 23.6. The molecule has 7 aromatic rings. The van der Waals surface area contributed by atoms with Crippen molar-refractivity contribution >= 4 is 0 Å². The Morgan fingerprint density at radius 1 is 0.333 bits per heavy atom. The molecule has 0 saturated carbocycles. The maximum Gasteiger partial charge on any atom is 0.140 e. The van der Waals surface area contributed by atoms with Gasteiger partial charge in [-0.05, 0) is 0 Å². The van der Waals surface area contributed by atoms with E-state index in [0.29, 0.717) is 0 Å². The Hall–Kier alpha value is -5.48. The van der Waals surface area contributed by atoms with Gasteiger partial charge in [-0.2, -0.15) is 0 Å². The van der Waals surface area contributed by atoms with Crippen molar-refractivity contribution < 1.29 is 0 Å². The zero-order valence-corrected chi connectivity index (χ0v) is 23.6. The predicted octanol–water partition coefficient (Wildman–Crippen LogP) is 9.16. The number of nitrogens with zero attached hydrogens (tertiary/aromatic N) is 4. The highest BCUT2D eigenvalue weighted by Crippen LogP contribution is 2.38. The van der Waals surface area contributed by atoms with Gasteiger partial charge in [-0.3, -0.25) is 0 Å². The van der Waals surface area contributed by atoms with E-state index < -0.39 is 0 Å². The lowest BCUT2D eigenvalue weighted by Gasteiger charge is -2.09. The topological polar surface area (TPSA) is 35.6 Å². The summed E-state index contributed by atoms with van der Waals surface area (Å²) in [4.78, 5) is 10.4. The normalized spacial score (nSPS) is 11.1. The summed E-state index contributed by atoms with van der Waals surface area (Å²) in [6.45, 7) is 0. The van der Waals surface area contributed by atoms with Gasteiger partial charge in [-0.1, -0.05) is 146 Å². The fraction of sp³-hybridized carbons (Fsp3) is 0.0526. The lowest BCUT2D eigenvalue weighted by molar-refractivity contribution is 0.930. The van der Waals surface area contributed by atoms with Crippen molar-refractivity contribution in [1.29, 1.82) is 0 Å². The number of aromatic nitrogens is 4. The average molecular weight is 543 g/mol. The summed E-state index contributed by atoms with van der Waals surface area (Å²) < 4.78 is 4.41. The minimum Gasteiger partial charge on any atom is -0.327 e. The van der Waals surface area contributed by atoms with Gasteiger partial charge in [-0.15, -0.1) is 0 Å². The van der Waals surface area contributed by atoms with E-state index in [1.54, 1.807) is 0 Å². The van der Waals surface area contributed by atoms with Gasteiger partial charge in [0.15, 0.2) is 0 Å². The second kappa shape index (κ2) is 10.8. The van der Waals surface area contributed by atoms with E-state index in [-0.39, 0.29) is 0 Å². The summed E-state index contributed by atoms with van der Waals surface area (Å²) in [6, 6.07) is 50.4. The average Bonchev–Trinajstić information content (AvgIpc) is 3.59. The van der Waals surface area contributed by atoms with Gasteiger partial charge in [0.25, 0.3) is 0 Å². The number of hydrogen-bond acceptors (Lipinski definition) is 2. The smallest absolute Gasteiger partial charge is 0.140 e. The van der Waals surface area contributed by atoms with E-state index in [2.05, 4.69) is 145 Å². The van der Waals surface area contributed by atoms with Gasteiger partial charge in [0.2, 0.25) is 0 Å². The van der Waals surface area contributed by atoms with E-state index in [0.717, 1.165) is 67.8 Å². The van der Waals surface area contributed by atoms with Gasteiger partial charge in [-0.25, -0.2) is 9.97 Å². The summed E-state index contributed by atoms with van der Waals surface area (Å²) in [7, 11) is 4.20. The Morgan fingerprint density at radius 3 is 0.929 bits per heavy atom. The first-order valence-electron chi connectivity index (χ1n) is 14.1. The fourth-order valence-electron chi connectivity index (χ4n) is 5.73. The van der Waals surface area contributed by atoms with E-state index in [1.807, 2.05) is 24.3 Å². The van der Waals surface area contributed by atoms with Gasteiger partial charge < -0.3 is 9.13 Å². The van der Waals surface area contributed by atoms with Crippen LogP contribution in [0.1, 0.15) is 0 Å². The van der Waals surface area contributed by atoms with Gasteiger partial charge >= 0.3 is 0 Å². The molecule has 0 bridgehead atoms. The van der Waals surface area contributed by atoms with Gasteiger partial charge in [0.05, 0.1) is 22.8 Å². The number of benzene rings is 5. The largest absolute Gasteiger partial charge is 0.327 e. The molecule has 2 aromatic heterocycles. The first-order chi connectivity index (χ1) is 20.7. The van der Waals surface area contributed by atoms with Crippen molar-refractivity contribution in [2.45, 2.75) is 0 Å². The summed E-state index contributed by atoms with van der Waals surface area (Å²) in [5.41, 5.74) is 10.8. The number of rotatable bonds is 6. The van der Waals surface area contributed by atoms with E-state index in [9.17, 15) is 0 Å². The van der Waals surface area contributed by atoms with Crippen molar-refractivity contribution in [3.8, 4) is 67.8 Å². The Bertz CT molecular complexity index is 1810. The molecular formula is C38H30N4. The zero-order chi connectivity index (χ0) is 28.5. The van der Waals surface area contributed by atoms with Crippen molar-refractivity contribution in [3.05, 3.63) is 146 Å². The Morgan fingerprint density at radius 2 is 0.619 bits per heavy atom. The molecule has 4 nitrogen and oxygen atoms in total. The highest BCUT2D eigenvalue weighted by Gasteiger charge is 2.21. The third kappa shape index (κ3) is 4.53. The fourth-order valence-corrected chi connectivity index (χ4v) is 5.73. The molecule has 0 amide bonds. The summed E-state index contributed by atoms with van der Waals surface area (Å²) in [6.07, 6.45) is 0.